The number of para-hydroxylation sites is 2. The topological polar surface area (TPSA) is 47.3 Å². The Morgan fingerprint density at radius 2 is 1.53 bits per heavy atom. The van der Waals surface area contributed by atoms with Crippen LogP contribution in [0.3, 0.4) is 0 Å². The Balaban J connectivity index is 1.96. The smallest absolute Gasteiger partial charge is 0.132 e. The van der Waals surface area contributed by atoms with Gasteiger partial charge in [-0.25, -0.2) is 0 Å². The van der Waals surface area contributed by atoms with E-state index in [0.717, 1.165) is 24.5 Å². The van der Waals surface area contributed by atoms with Gasteiger partial charge >= 0.3 is 0 Å². The molecule has 2 aromatic carbocycles. The number of nitrogens with one attached hydrogen (secondary N) is 1. The third kappa shape index (κ3) is 2.35. The highest BCUT2D eigenvalue weighted by molar-refractivity contribution is 5.52. The van der Waals surface area contributed by atoms with Crippen LogP contribution in [0, 0.1) is 0 Å². The monoisotopic (exact) mass is 254 g/mol. The first kappa shape index (κ1) is 12.2. The van der Waals surface area contributed by atoms with Gasteiger partial charge in [0.1, 0.15) is 11.5 Å². The van der Waals surface area contributed by atoms with E-state index >= 15 is 0 Å². The van der Waals surface area contributed by atoms with E-state index in [1.165, 1.54) is 11.1 Å². The molecule has 3 heteroatoms. The van der Waals surface area contributed by atoms with Gasteiger partial charge < -0.3 is 15.8 Å². The molecule has 1 heterocycles. The van der Waals surface area contributed by atoms with Crippen molar-refractivity contribution in [3.63, 3.8) is 0 Å². The predicted octanol–water partition coefficient (Wildman–Crippen LogP) is 2.82. The Morgan fingerprint density at radius 3 is 2.11 bits per heavy atom. The highest BCUT2D eigenvalue weighted by Gasteiger charge is 2.25. The summed E-state index contributed by atoms with van der Waals surface area (Å²) in [6.45, 7) is 1.61. The minimum atomic E-state index is 0.188. The Bertz CT molecular complexity index is 523. The largest absolute Gasteiger partial charge is 0.457 e. The van der Waals surface area contributed by atoms with Gasteiger partial charge in [-0.15, -0.1) is 0 Å². The molecule has 0 unspecified atom stereocenters. The number of fused-ring (bicyclic) bond motifs is 2. The lowest BCUT2D eigenvalue weighted by atomic mass is 9.94. The summed E-state index contributed by atoms with van der Waals surface area (Å²) in [5, 5.41) is 3.57. The fourth-order valence-electron chi connectivity index (χ4n) is 2.48. The molecule has 1 aliphatic rings. The van der Waals surface area contributed by atoms with E-state index < -0.39 is 0 Å². The molecule has 0 saturated carbocycles. The van der Waals surface area contributed by atoms with Gasteiger partial charge in [-0.05, 0) is 31.6 Å². The maximum atomic E-state index is 5.95. The van der Waals surface area contributed by atoms with Crippen molar-refractivity contribution >= 4 is 0 Å². The van der Waals surface area contributed by atoms with Gasteiger partial charge in [0, 0.05) is 11.1 Å². The van der Waals surface area contributed by atoms with Crippen molar-refractivity contribution in [2.24, 2.45) is 5.73 Å². The van der Waals surface area contributed by atoms with Crippen molar-refractivity contribution in [3.8, 4) is 11.5 Å². The van der Waals surface area contributed by atoms with Crippen LogP contribution in [0.2, 0.25) is 0 Å². The van der Waals surface area contributed by atoms with Crippen LogP contribution in [0.4, 0.5) is 0 Å². The van der Waals surface area contributed by atoms with Crippen molar-refractivity contribution in [1.29, 1.82) is 0 Å². The van der Waals surface area contributed by atoms with Crippen LogP contribution >= 0.6 is 0 Å². The second-order valence-electron chi connectivity index (χ2n) is 4.71. The highest BCUT2D eigenvalue weighted by Crippen LogP contribution is 2.42. The molecule has 1 aliphatic heterocycles. The quantitative estimate of drug-likeness (QED) is 0.825. The standard InChI is InChI=1S/C16H18N2O/c17-10-5-11-18-16-12-6-1-3-8-14(12)19-15-9-4-2-7-13(15)16/h1-4,6-9,16,18H,5,10-11,17H2. The maximum absolute atomic E-state index is 5.95. The van der Waals surface area contributed by atoms with Gasteiger partial charge in [-0.3, -0.25) is 0 Å². The third-order valence-electron chi connectivity index (χ3n) is 3.41. The van der Waals surface area contributed by atoms with Crippen molar-refractivity contribution in [3.05, 3.63) is 59.7 Å². The number of hydrogen-bond acceptors (Lipinski definition) is 3. The minimum absolute atomic E-state index is 0.188. The van der Waals surface area contributed by atoms with Crippen molar-refractivity contribution in [1.82, 2.24) is 5.32 Å². The van der Waals surface area contributed by atoms with E-state index in [9.17, 15) is 0 Å². The Hall–Kier alpha value is -1.84. The summed E-state index contributed by atoms with van der Waals surface area (Å²) in [4.78, 5) is 0. The molecule has 0 atom stereocenters. The Labute approximate surface area is 113 Å². The van der Waals surface area contributed by atoms with Gasteiger partial charge in [-0.2, -0.15) is 0 Å². The SMILES string of the molecule is NCCCNC1c2ccccc2Oc2ccccc21. The summed E-state index contributed by atoms with van der Waals surface area (Å²) in [6, 6.07) is 16.6. The lowest BCUT2D eigenvalue weighted by Gasteiger charge is -2.28. The highest BCUT2D eigenvalue weighted by atomic mass is 16.5. The van der Waals surface area contributed by atoms with E-state index in [0.29, 0.717) is 6.54 Å². The summed E-state index contributed by atoms with van der Waals surface area (Å²) in [5.74, 6) is 1.87. The maximum Gasteiger partial charge on any atom is 0.132 e. The molecule has 0 aromatic heterocycles. The fraction of sp³-hybridized carbons (Fsp3) is 0.250. The lowest BCUT2D eigenvalue weighted by molar-refractivity contribution is 0.427. The van der Waals surface area contributed by atoms with E-state index in [2.05, 4.69) is 17.4 Å². The van der Waals surface area contributed by atoms with E-state index in [-0.39, 0.29) is 6.04 Å². The van der Waals surface area contributed by atoms with Crippen LogP contribution in [-0.4, -0.2) is 13.1 Å². The third-order valence-corrected chi connectivity index (χ3v) is 3.41. The molecular formula is C16H18N2O. The molecule has 0 spiro atoms. The van der Waals surface area contributed by atoms with E-state index in [1.54, 1.807) is 0 Å². The molecule has 19 heavy (non-hydrogen) atoms. The summed E-state index contributed by atoms with van der Waals surface area (Å²) in [6.07, 6.45) is 0.974. The summed E-state index contributed by atoms with van der Waals surface area (Å²) in [5.41, 5.74) is 7.95. The zero-order chi connectivity index (χ0) is 13.1. The number of benzene rings is 2. The second kappa shape index (κ2) is 5.43. The van der Waals surface area contributed by atoms with Gasteiger partial charge in [-0.1, -0.05) is 36.4 Å². The first-order chi connectivity index (χ1) is 9.40. The molecule has 0 aliphatic carbocycles. The first-order valence-corrected chi connectivity index (χ1v) is 6.69. The Kier molecular flexibility index (Phi) is 3.49. The van der Waals surface area contributed by atoms with Crippen LogP contribution in [0.5, 0.6) is 11.5 Å². The summed E-state index contributed by atoms with van der Waals surface area (Å²) in [7, 11) is 0. The molecule has 3 rings (SSSR count). The van der Waals surface area contributed by atoms with E-state index in [1.807, 2.05) is 36.4 Å². The van der Waals surface area contributed by atoms with Crippen LogP contribution in [0.1, 0.15) is 23.6 Å². The number of nitrogens with two attached hydrogens (primary N) is 1. The van der Waals surface area contributed by atoms with Crippen molar-refractivity contribution in [2.75, 3.05) is 13.1 Å². The van der Waals surface area contributed by atoms with Crippen LogP contribution in [0.15, 0.2) is 48.5 Å². The lowest BCUT2D eigenvalue weighted by Crippen LogP contribution is -2.27. The number of rotatable bonds is 4. The molecule has 0 radical (unpaired) electrons. The van der Waals surface area contributed by atoms with Crippen LogP contribution in [-0.2, 0) is 0 Å². The van der Waals surface area contributed by atoms with Gasteiger partial charge in [0.25, 0.3) is 0 Å². The average Bonchev–Trinajstić information content (AvgIpc) is 2.46. The first-order valence-electron chi connectivity index (χ1n) is 6.69. The van der Waals surface area contributed by atoms with Gasteiger partial charge in [0.05, 0.1) is 6.04 Å². The molecular weight excluding hydrogens is 236 g/mol. The summed E-state index contributed by atoms with van der Waals surface area (Å²) >= 11 is 0. The molecule has 3 nitrogen and oxygen atoms in total. The molecule has 0 amide bonds. The van der Waals surface area contributed by atoms with Crippen molar-refractivity contribution < 1.29 is 4.74 Å². The minimum Gasteiger partial charge on any atom is -0.457 e. The molecule has 2 aromatic rings. The molecule has 98 valence electrons. The fourth-order valence-corrected chi connectivity index (χ4v) is 2.48. The van der Waals surface area contributed by atoms with Gasteiger partial charge in [0.2, 0.25) is 0 Å². The average molecular weight is 254 g/mol. The normalized spacial score (nSPS) is 13.5. The molecule has 0 saturated heterocycles. The van der Waals surface area contributed by atoms with E-state index in [4.69, 9.17) is 10.5 Å². The Morgan fingerprint density at radius 1 is 0.947 bits per heavy atom. The van der Waals surface area contributed by atoms with Crippen LogP contribution in [0.25, 0.3) is 0 Å². The van der Waals surface area contributed by atoms with Gasteiger partial charge in [0.15, 0.2) is 0 Å². The molecule has 3 N–H and O–H groups in total. The zero-order valence-electron chi connectivity index (χ0n) is 10.8. The molecule has 0 fully saturated rings. The number of hydrogen-bond donors (Lipinski definition) is 2. The summed E-state index contributed by atoms with van der Waals surface area (Å²) < 4.78 is 5.95. The second-order valence-corrected chi connectivity index (χ2v) is 4.71. The van der Waals surface area contributed by atoms with Crippen LogP contribution < -0.4 is 15.8 Å². The molecule has 0 bridgehead atoms. The van der Waals surface area contributed by atoms with Crippen molar-refractivity contribution in [2.45, 2.75) is 12.5 Å². The number of ether oxygens (including phenoxy) is 1. The zero-order valence-corrected chi connectivity index (χ0v) is 10.8. The predicted molar refractivity (Wildman–Crippen MR) is 76.5 cm³/mol.